The van der Waals surface area contributed by atoms with Crippen LogP contribution in [0.5, 0.6) is 0 Å². The molecule has 0 aromatic carbocycles. The summed E-state index contributed by atoms with van der Waals surface area (Å²) >= 11 is 21.4. The Kier molecular flexibility index (Phi) is 4.87. The van der Waals surface area contributed by atoms with Crippen molar-refractivity contribution in [1.29, 1.82) is 0 Å². The predicted molar refractivity (Wildman–Crippen MR) is 46.3 cm³/mol. The summed E-state index contributed by atoms with van der Waals surface area (Å²) in [4.78, 5) is 8.37. The molecule has 0 radical (unpaired) electrons. The zero-order valence-electron chi connectivity index (χ0n) is 5.61. The van der Waals surface area contributed by atoms with Crippen LogP contribution in [0.3, 0.4) is 0 Å². The van der Waals surface area contributed by atoms with Crippen LogP contribution in [0, 0.1) is 0 Å². The molecule has 0 bridgehead atoms. The Morgan fingerprint density at radius 2 is 2.09 bits per heavy atom. The van der Waals surface area contributed by atoms with Gasteiger partial charge in [-0.2, -0.15) is 0 Å². The SMILES string of the molecule is CC[C@](Cl)(C(=O)OCl)C(Cl)Cl. The lowest BCUT2D eigenvalue weighted by Crippen LogP contribution is -2.38. The topological polar surface area (TPSA) is 26.3 Å². The van der Waals surface area contributed by atoms with Crippen LogP contribution in [0.25, 0.3) is 0 Å². The molecule has 0 aliphatic rings. The van der Waals surface area contributed by atoms with Crippen LogP contribution in [0.2, 0.25) is 0 Å². The molecule has 11 heavy (non-hydrogen) atoms. The Morgan fingerprint density at radius 3 is 2.18 bits per heavy atom. The number of rotatable bonds is 3. The summed E-state index contributed by atoms with van der Waals surface area (Å²) in [7, 11) is 0. The van der Waals surface area contributed by atoms with Crippen LogP contribution in [-0.4, -0.2) is 15.7 Å². The van der Waals surface area contributed by atoms with E-state index in [0.29, 0.717) is 0 Å². The fourth-order valence-corrected chi connectivity index (χ4v) is 1.15. The number of carbonyl (C=O) groups excluding carboxylic acids is 1. The van der Waals surface area contributed by atoms with Crippen LogP contribution in [0.1, 0.15) is 13.3 Å². The second-order valence-electron chi connectivity index (χ2n) is 1.88. The van der Waals surface area contributed by atoms with Gasteiger partial charge in [0.2, 0.25) is 0 Å². The normalized spacial score (nSPS) is 16.2. The van der Waals surface area contributed by atoms with E-state index < -0.39 is 15.7 Å². The molecule has 0 N–H and O–H groups in total. The van der Waals surface area contributed by atoms with Crippen LogP contribution in [-0.2, 0) is 9.08 Å². The summed E-state index contributed by atoms with van der Waals surface area (Å²) in [5.74, 6) is -0.835. The van der Waals surface area contributed by atoms with E-state index in [-0.39, 0.29) is 6.42 Å². The van der Waals surface area contributed by atoms with Crippen LogP contribution >= 0.6 is 46.7 Å². The molecule has 0 aliphatic carbocycles. The zero-order valence-corrected chi connectivity index (χ0v) is 8.64. The van der Waals surface area contributed by atoms with Crippen LogP contribution in [0.4, 0.5) is 0 Å². The minimum absolute atomic E-state index is 0.248. The van der Waals surface area contributed by atoms with E-state index >= 15 is 0 Å². The van der Waals surface area contributed by atoms with Crippen molar-refractivity contribution in [3.05, 3.63) is 0 Å². The third-order valence-corrected chi connectivity index (χ3v) is 3.02. The van der Waals surface area contributed by atoms with Crippen molar-refractivity contribution in [3.63, 3.8) is 0 Å². The number of carbonyl (C=O) groups is 1. The van der Waals surface area contributed by atoms with Gasteiger partial charge in [-0.25, -0.2) is 4.79 Å². The molecule has 0 spiro atoms. The second kappa shape index (κ2) is 4.61. The maximum absolute atomic E-state index is 10.9. The van der Waals surface area contributed by atoms with Gasteiger partial charge in [0.15, 0.2) is 4.87 Å². The number of halogens is 4. The molecule has 0 aliphatic heterocycles. The van der Waals surface area contributed by atoms with E-state index in [1.54, 1.807) is 6.92 Å². The van der Waals surface area contributed by atoms with E-state index in [9.17, 15) is 4.79 Å². The Balaban J connectivity index is 4.45. The molecule has 1 atom stereocenters. The molecule has 0 unspecified atom stereocenters. The van der Waals surface area contributed by atoms with Crippen LogP contribution in [0.15, 0.2) is 0 Å². The first kappa shape index (κ1) is 11.6. The summed E-state index contributed by atoms with van der Waals surface area (Å²) in [6.07, 6.45) is 0.248. The Bertz CT molecular complexity index is 149. The molecule has 0 saturated carbocycles. The predicted octanol–water partition coefficient (Wildman–Crippen LogP) is 2.87. The molecule has 0 heterocycles. The molecule has 0 rings (SSSR count). The van der Waals surface area contributed by atoms with Gasteiger partial charge >= 0.3 is 5.97 Å². The quantitative estimate of drug-likeness (QED) is 0.709. The summed E-state index contributed by atoms with van der Waals surface area (Å²) in [5, 5.41) is 0. The van der Waals surface area contributed by atoms with Gasteiger partial charge in [0.1, 0.15) is 16.7 Å². The molecule has 66 valence electrons. The lowest BCUT2D eigenvalue weighted by molar-refractivity contribution is -0.136. The minimum Gasteiger partial charge on any atom is -0.346 e. The smallest absolute Gasteiger partial charge is 0.346 e. The average Bonchev–Trinajstić information content (AvgIpc) is 2.01. The molecular weight excluding hydrogens is 234 g/mol. The van der Waals surface area contributed by atoms with Gasteiger partial charge in [0.05, 0.1) is 0 Å². The van der Waals surface area contributed by atoms with E-state index in [4.69, 9.17) is 46.7 Å². The first-order valence-corrected chi connectivity index (χ1v) is 4.35. The van der Waals surface area contributed by atoms with Gasteiger partial charge in [0.25, 0.3) is 0 Å². The molecule has 2 nitrogen and oxygen atoms in total. The molecular formula is C5H6Cl4O2. The molecule has 0 aromatic heterocycles. The van der Waals surface area contributed by atoms with E-state index in [0.717, 1.165) is 0 Å². The molecule has 0 fully saturated rings. The van der Waals surface area contributed by atoms with Crippen molar-refractivity contribution >= 4 is 52.6 Å². The van der Waals surface area contributed by atoms with Crippen molar-refractivity contribution in [2.45, 2.75) is 23.1 Å². The monoisotopic (exact) mass is 238 g/mol. The van der Waals surface area contributed by atoms with Gasteiger partial charge < -0.3 is 4.29 Å². The summed E-state index contributed by atoms with van der Waals surface area (Å²) in [6.45, 7) is 1.65. The van der Waals surface area contributed by atoms with Crippen molar-refractivity contribution in [2.75, 3.05) is 0 Å². The number of alkyl halides is 3. The highest BCUT2D eigenvalue weighted by molar-refractivity contribution is 6.53. The summed E-state index contributed by atoms with van der Waals surface area (Å²) in [6, 6.07) is 0. The standard InChI is InChI=1S/C5H6Cl4O2/c1-2-5(8,3(6)7)4(10)11-9/h3H,2H2,1H3/t5-/m1/s1. The zero-order chi connectivity index (χ0) is 9.07. The van der Waals surface area contributed by atoms with Crippen LogP contribution < -0.4 is 0 Å². The number of hydrogen-bond acceptors (Lipinski definition) is 2. The average molecular weight is 240 g/mol. The highest BCUT2D eigenvalue weighted by Gasteiger charge is 2.42. The van der Waals surface area contributed by atoms with Gasteiger partial charge in [0, 0.05) is 0 Å². The maximum Gasteiger partial charge on any atom is 0.348 e. The first-order chi connectivity index (χ1) is 4.99. The third kappa shape index (κ3) is 2.55. The van der Waals surface area contributed by atoms with E-state index in [1.807, 2.05) is 0 Å². The molecule has 0 aromatic rings. The maximum atomic E-state index is 10.9. The molecule has 0 amide bonds. The van der Waals surface area contributed by atoms with Gasteiger partial charge in [-0.3, -0.25) is 0 Å². The summed E-state index contributed by atoms with van der Waals surface area (Å²) in [5.41, 5.74) is 0. The lowest BCUT2D eigenvalue weighted by Gasteiger charge is -2.21. The largest absolute Gasteiger partial charge is 0.348 e. The number of hydrogen-bond donors (Lipinski definition) is 0. The lowest BCUT2D eigenvalue weighted by atomic mass is 10.1. The van der Waals surface area contributed by atoms with Crippen molar-refractivity contribution in [1.82, 2.24) is 0 Å². The Morgan fingerprint density at radius 1 is 1.64 bits per heavy atom. The fourth-order valence-electron chi connectivity index (χ4n) is 0.452. The van der Waals surface area contributed by atoms with Gasteiger partial charge in [-0.15, -0.1) is 34.8 Å². The third-order valence-electron chi connectivity index (χ3n) is 1.27. The first-order valence-electron chi connectivity index (χ1n) is 2.79. The van der Waals surface area contributed by atoms with Crippen molar-refractivity contribution in [3.8, 4) is 0 Å². The van der Waals surface area contributed by atoms with E-state index in [1.165, 1.54) is 0 Å². The molecule has 6 heteroatoms. The highest BCUT2D eigenvalue weighted by atomic mass is 35.5. The summed E-state index contributed by atoms with van der Waals surface area (Å²) < 4.78 is 3.90. The van der Waals surface area contributed by atoms with Crippen molar-refractivity contribution < 1.29 is 9.08 Å². The minimum atomic E-state index is -1.44. The highest BCUT2D eigenvalue weighted by Crippen LogP contribution is 2.32. The van der Waals surface area contributed by atoms with Gasteiger partial charge in [-0.05, 0) is 6.42 Å². The fraction of sp³-hybridized carbons (Fsp3) is 0.800. The Hall–Kier alpha value is 0.630. The van der Waals surface area contributed by atoms with Gasteiger partial charge in [-0.1, -0.05) is 6.92 Å². The van der Waals surface area contributed by atoms with E-state index in [2.05, 4.69) is 4.29 Å². The van der Waals surface area contributed by atoms with Crippen molar-refractivity contribution in [2.24, 2.45) is 0 Å². The Labute approximate surface area is 84.9 Å². The second-order valence-corrected chi connectivity index (χ2v) is 3.81. The molecule has 0 saturated heterocycles.